The van der Waals surface area contributed by atoms with Gasteiger partial charge in [-0.2, -0.15) is 0 Å². The van der Waals surface area contributed by atoms with Crippen molar-refractivity contribution in [3.05, 3.63) is 65.1 Å². The van der Waals surface area contributed by atoms with Crippen molar-refractivity contribution >= 4 is 24.0 Å². The molecule has 0 bridgehead atoms. The van der Waals surface area contributed by atoms with Gasteiger partial charge in [0.15, 0.2) is 18.1 Å². The topological polar surface area (TPSA) is 94.2 Å². The molecule has 1 fully saturated rings. The van der Waals surface area contributed by atoms with Crippen molar-refractivity contribution in [1.29, 1.82) is 0 Å². The van der Waals surface area contributed by atoms with Gasteiger partial charge in [0.25, 0.3) is 5.91 Å². The Kier molecular flexibility index (Phi) is 6.86. The van der Waals surface area contributed by atoms with E-state index < -0.39 is 23.7 Å². The first-order chi connectivity index (χ1) is 14.9. The summed E-state index contributed by atoms with van der Waals surface area (Å²) in [5.41, 5.74) is 0.843. The molecule has 0 spiro atoms. The second-order valence-corrected chi connectivity index (χ2v) is 6.47. The lowest BCUT2D eigenvalue weighted by atomic mass is 10.1. The highest BCUT2D eigenvalue weighted by molar-refractivity contribution is 6.13. The number of amides is 3. The van der Waals surface area contributed by atoms with Gasteiger partial charge in [-0.15, -0.1) is 0 Å². The summed E-state index contributed by atoms with van der Waals surface area (Å²) < 4.78 is 29.4. The van der Waals surface area contributed by atoms with Gasteiger partial charge in [0.05, 0.1) is 20.3 Å². The number of benzene rings is 2. The van der Waals surface area contributed by atoms with Crippen molar-refractivity contribution in [2.75, 3.05) is 20.3 Å². The Hall–Kier alpha value is -3.88. The highest BCUT2D eigenvalue weighted by atomic mass is 19.1. The molecule has 1 heterocycles. The van der Waals surface area contributed by atoms with Crippen molar-refractivity contribution in [3.63, 3.8) is 0 Å². The monoisotopic (exact) mass is 428 g/mol. The summed E-state index contributed by atoms with van der Waals surface area (Å²) in [4.78, 5) is 37.1. The molecule has 0 unspecified atom stereocenters. The second-order valence-electron chi connectivity index (χ2n) is 6.47. The quantitative estimate of drug-likeness (QED) is 0.395. The maximum absolute atomic E-state index is 13.9. The molecule has 2 aromatic carbocycles. The molecule has 0 aliphatic carbocycles. The molecule has 31 heavy (non-hydrogen) atoms. The van der Waals surface area contributed by atoms with Crippen LogP contribution in [0.15, 0.2) is 48.2 Å². The van der Waals surface area contributed by atoms with Gasteiger partial charge < -0.3 is 19.5 Å². The molecule has 8 nitrogen and oxygen atoms in total. The Morgan fingerprint density at radius 3 is 2.61 bits per heavy atom. The number of imide groups is 1. The number of nitrogens with one attached hydrogen (secondary N) is 1. The number of carbonyl (C=O) groups is 3. The fraction of sp³-hybridized carbons (Fsp3) is 0.227. The number of ether oxygens (including phenoxy) is 3. The van der Waals surface area contributed by atoms with Crippen LogP contribution in [0.25, 0.3) is 6.08 Å². The number of carbonyl (C=O) groups excluding carboxylic acids is 3. The third kappa shape index (κ3) is 5.19. The van der Waals surface area contributed by atoms with E-state index in [0.717, 1.165) is 4.90 Å². The Labute approximate surface area is 178 Å². The van der Waals surface area contributed by atoms with Crippen molar-refractivity contribution in [3.8, 4) is 11.5 Å². The van der Waals surface area contributed by atoms with Gasteiger partial charge in [0, 0.05) is 5.56 Å². The van der Waals surface area contributed by atoms with Crippen LogP contribution in [0.1, 0.15) is 18.1 Å². The standard InChI is InChI=1S/C22H21FN2O6/c1-3-30-19-11-14(8-9-18(19)31-13-20(26)29-2)10-17-21(27)25(22(28)24-17)12-15-6-4-5-7-16(15)23/h4-11H,3,12-13H2,1-2H3,(H,24,28)/b17-10-. The third-order valence-electron chi connectivity index (χ3n) is 4.40. The van der Waals surface area contributed by atoms with E-state index in [1.807, 2.05) is 0 Å². The number of hydrogen-bond acceptors (Lipinski definition) is 6. The molecule has 3 rings (SSSR count). The minimum absolute atomic E-state index is 0.0482. The minimum Gasteiger partial charge on any atom is -0.490 e. The van der Waals surface area contributed by atoms with E-state index in [1.54, 1.807) is 31.2 Å². The Bertz CT molecular complexity index is 1040. The van der Waals surface area contributed by atoms with Crippen LogP contribution in [0.2, 0.25) is 0 Å². The maximum Gasteiger partial charge on any atom is 0.343 e. The summed E-state index contributed by atoms with van der Waals surface area (Å²) in [6.45, 7) is 1.67. The molecule has 162 valence electrons. The molecule has 0 saturated carbocycles. The normalized spacial score (nSPS) is 14.5. The zero-order valence-electron chi connectivity index (χ0n) is 17.0. The first-order valence-electron chi connectivity index (χ1n) is 9.47. The molecule has 9 heteroatoms. The third-order valence-corrected chi connectivity index (χ3v) is 4.40. The van der Waals surface area contributed by atoms with Crippen molar-refractivity contribution in [2.45, 2.75) is 13.5 Å². The Morgan fingerprint density at radius 2 is 1.90 bits per heavy atom. The summed E-state index contributed by atoms with van der Waals surface area (Å²) >= 11 is 0. The highest BCUT2D eigenvalue weighted by Crippen LogP contribution is 2.30. The van der Waals surface area contributed by atoms with Crippen LogP contribution < -0.4 is 14.8 Å². The fourth-order valence-corrected chi connectivity index (χ4v) is 2.88. The van der Waals surface area contributed by atoms with Gasteiger partial charge in [0.1, 0.15) is 11.5 Å². The molecule has 2 aromatic rings. The summed E-state index contributed by atoms with van der Waals surface area (Å²) in [5.74, 6) is -0.914. The van der Waals surface area contributed by atoms with Gasteiger partial charge in [-0.3, -0.25) is 9.69 Å². The maximum atomic E-state index is 13.9. The molecule has 3 amide bonds. The van der Waals surface area contributed by atoms with Crippen LogP contribution in [0.5, 0.6) is 11.5 Å². The zero-order valence-corrected chi connectivity index (χ0v) is 17.0. The fourth-order valence-electron chi connectivity index (χ4n) is 2.88. The van der Waals surface area contributed by atoms with Crippen LogP contribution >= 0.6 is 0 Å². The van der Waals surface area contributed by atoms with E-state index >= 15 is 0 Å². The van der Waals surface area contributed by atoms with Crippen LogP contribution in [0.4, 0.5) is 9.18 Å². The van der Waals surface area contributed by atoms with E-state index in [2.05, 4.69) is 10.1 Å². The summed E-state index contributed by atoms with van der Waals surface area (Å²) in [7, 11) is 1.26. The number of rotatable bonds is 8. The van der Waals surface area contributed by atoms with Crippen molar-refractivity contribution < 1.29 is 33.0 Å². The molecule has 0 aromatic heterocycles. The van der Waals surface area contributed by atoms with Gasteiger partial charge in [-0.05, 0) is 36.8 Å². The number of nitrogens with zero attached hydrogens (tertiary/aromatic N) is 1. The number of hydrogen-bond donors (Lipinski definition) is 1. The smallest absolute Gasteiger partial charge is 0.343 e. The first-order valence-corrected chi connectivity index (χ1v) is 9.47. The molecular weight excluding hydrogens is 407 g/mol. The lowest BCUT2D eigenvalue weighted by Crippen LogP contribution is -2.30. The minimum atomic E-state index is -0.637. The van der Waals surface area contributed by atoms with Crippen molar-refractivity contribution in [2.24, 2.45) is 0 Å². The van der Waals surface area contributed by atoms with Crippen LogP contribution in [0, 0.1) is 5.82 Å². The van der Waals surface area contributed by atoms with Crippen LogP contribution in [-0.4, -0.2) is 43.1 Å². The lowest BCUT2D eigenvalue weighted by molar-refractivity contribution is -0.142. The van der Waals surface area contributed by atoms with Gasteiger partial charge in [-0.1, -0.05) is 24.3 Å². The Morgan fingerprint density at radius 1 is 1.13 bits per heavy atom. The molecule has 0 atom stereocenters. The van der Waals surface area contributed by atoms with Crippen molar-refractivity contribution in [1.82, 2.24) is 10.2 Å². The average Bonchev–Trinajstić information content (AvgIpc) is 3.02. The molecule has 1 saturated heterocycles. The van der Waals surface area contributed by atoms with E-state index in [1.165, 1.54) is 31.4 Å². The predicted octanol–water partition coefficient (Wildman–Crippen LogP) is 2.87. The van der Waals surface area contributed by atoms with Gasteiger partial charge in [0.2, 0.25) is 0 Å². The first kappa shape index (κ1) is 21.8. The van der Waals surface area contributed by atoms with E-state index in [0.29, 0.717) is 23.7 Å². The van der Waals surface area contributed by atoms with E-state index in [-0.39, 0.29) is 24.4 Å². The number of halogens is 1. The lowest BCUT2D eigenvalue weighted by Gasteiger charge is -2.12. The number of urea groups is 1. The molecule has 1 aliphatic heterocycles. The van der Waals surface area contributed by atoms with Crippen LogP contribution in [-0.2, 0) is 20.9 Å². The summed E-state index contributed by atoms with van der Waals surface area (Å²) in [6.07, 6.45) is 1.48. The van der Waals surface area contributed by atoms with E-state index in [9.17, 15) is 18.8 Å². The summed E-state index contributed by atoms with van der Waals surface area (Å²) in [6, 6.07) is 10.1. The molecular formula is C22H21FN2O6. The van der Waals surface area contributed by atoms with Gasteiger partial charge >= 0.3 is 12.0 Å². The molecule has 1 N–H and O–H groups in total. The van der Waals surface area contributed by atoms with Crippen LogP contribution in [0.3, 0.4) is 0 Å². The molecule has 1 aliphatic rings. The SMILES string of the molecule is CCOc1cc(/C=C2\NC(=O)N(Cc3ccccc3F)C2=O)ccc1OCC(=O)OC. The largest absolute Gasteiger partial charge is 0.490 e. The number of methoxy groups -OCH3 is 1. The summed E-state index contributed by atoms with van der Waals surface area (Å²) in [5, 5.41) is 2.50. The van der Waals surface area contributed by atoms with E-state index in [4.69, 9.17) is 9.47 Å². The van der Waals surface area contributed by atoms with Gasteiger partial charge in [-0.25, -0.2) is 14.0 Å². The highest BCUT2D eigenvalue weighted by Gasteiger charge is 2.34. The number of esters is 1. The zero-order chi connectivity index (χ0) is 22.4. The second kappa shape index (κ2) is 9.75. The predicted molar refractivity (Wildman–Crippen MR) is 109 cm³/mol. The Balaban J connectivity index is 1.79. The molecule has 0 radical (unpaired) electrons. The average molecular weight is 428 g/mol.